The predicted octanol–water partition coefficient (Wildman–Crippen LogP) is 2.95. The summed E-state index contributed by atoms with van der Waals surface area (Å²) in [6.07, 6.45) is 1.54. The van der Waals surface area contributed by atoms with E-state index in [0.29, 0.717) is 11.3 Å². The summed E-state index contributed by atoms with van der Waals surface area (Å²) in [6, 6.07) is 7.02. The van der Waals surface area contributed by atoms with Gasteiger partial charge in [0, 0.05) is 18.2 Å². The molecule has 0 aliphatic carbocycles. The van der Waals surface area contributed by atoms with E-state index in [-0.39, 0.29) is 24.0 Å². The highest BCUT2D eigenvalue weighted by atomic mass is 16.6. The molecule has 0 aliphatic heterocycles. The minimum absolute atomic E-state index is 0.130. The van der Waals surface area contributed by atoms with Crippen LogP contribution in [0.2, 0.25) is 0 Å². The molecule has 1 atom stereocenters. The highest BCUT2D eigenvalue weighted by Crippen LogP contribution is 2.25. The quantitative estimate of drug-likeness (QED) is 0.646. The summed E-state index contributed by atoms with van der Waals surface area (Å²) in [7, 11) is 0. The van der Waals surface area contributed by atoms with Crippen molar-refractivity contribution < 1.29 is 14.3 Å². The normalized spacial score (nSPS) is 12.0. The van der Waals surface area contributed by atoms with Crippen LogP contribution in [0.15, 0.2) is 41.0 Å². The van der Waals surface area contributed by atoms with E-state index in [9.17, 15) is 20.2 Å². The summed E-state index contributed by atoms with van der Waals surface area (Å²) in [5, 5.41) is 24.7. The first-order valence-electron chi connectivity index (χ1n) is 6.17. The Kier molecular flexibility index (Phi) is 4.29. The molecule has 21 heavy (non-hydrogen) atoms. The van der Waals surface area contributed by atoms with Crippen molar-refractivity contribution in [2.45, 2.75) is 19.5 Å². The van der Waals surface area contributed by atoms with Gasteiger partial charge in [-0.25, -0.2) is 0 Å². The van der Waals surface area contributed by atoms with Gasteiger partial charge in [0.25, 0.3) is 11.4 Å². The van der Waals surface area contributed by atoms with Crippen LogP contribution in [-0.2, 0) is 6.54 Å². The number of furan rings is 1. The van der Waals surface area contributed by atoms with Crippen molar-refractivity contribution in [3.05, 3.63) is 68.1 Å². The van der Waals surface area contributed by atoms with Crippen LogP contribution in [0.25, 0.3) is 0 Å². The summed E-state index contributed by atoms with van der Waals surface area (Å²) in [5.41, 5.74) is -0.197. The highest BCUT2D eigenvalue weighted by Gasteiger charge is 2.19. The van der Waals surface area contributed by atoms with E-state index in [1.54, 1.807) is 18.4 Å². The fourth-order valence-electron chi connectivity index (χ4n) is 1.89. The molecule has 2 aromatic rings. The molecule has 1 aromatic heterocycles. The SMILES string of the molecule is C[C@@H](NCc1ccc([N+](=O)[O-])cc1[N+](=O)[O-])c1ccco1. The molecule has 0 unspecified atom stereocenters. The molecule has 1 N–H and O–H groups in total. The Hall–Kier alpha value is -2.74. The van der Waals surface area contributed by atoms with E-state index in [2.05, 4.69) is 5.32 Å². The lowest BCUT2D eigenvalue weighted by Gasteiger charge is -2.11. The highest BCUT2D eigenvalue weighted by molar-refractivity contribution is 5.49. The van der Waals surface area contributed by atoms with Crippen LogP contribution < -0.4 is 5.32 Å². The molecular formula is C13H13N3O5. The summed E-state index contributed by atoms with van der Waals surface area (Å²) in [5.74, 6) is 0.708. The monoisotopic (exact) mass is 291 g/mol. The van der Waals surface area contributed by atoms with E-state index in [1.165, 1.54) is 12.1 Å². The third-order valence-corrected chi connectivity index (χ3v) is 3.05. The minimum atomic E-state index is -0.657. The van der Waals surface area contributed by atoms with Crippen LogP contribution in [0.1, 0.15) is 24.3 Å². The molecule has 0 radical (unpaired) electrons. The molecule has 1 aromatic carbocycles. The van der Waals surface area contributed by atoms with Gasteiger partial charge in [0.15, 0.2) is 0 Å². The third kappa shape index (κ3) is 3.42. The van der Waals surface area contributed by atoms with E-state index in [1.807, 2.05) is 6.92 Å². The second kappa shape index (κ2) is 6.14. The Labute approximate surface area is 119 Å². The summed E-state index contributed by atoms with van der Waals surface area (Å²) >= 11 is 0. The number of nitro benzene ring substituents is 2. The van der Waals surface area contributed by atoms with E-state index in [4.69, 9.17) is 4.42 Å². The maximum absolute atomic E-state index is 11.0. The second-order valence-corrected chi connectivity index (χ2v) is 4.45. The average Bonchev–Trinajstić information content (AvgIpc) is 2.98. The van der Waals surface area contributed by atoms with Crippen molar-refractivity contribution in [2.75, 3.05) is 0 Å². The standard InChI is InChI=1S/C13H13N3O5/c1-9(13-3-2-6-21-13)14-8-10-4-5-11(15(17)18)7-12(10)16(19)20/h2-7,9,14H,8H2,1H3/t9-/m1/s1. The smallest absolute Gasteiger partial charge is 0.280 e. The molecule has 0 fully saturated rings. The first-order chi connectivity index (χ1) is 9.99. The van der Waals surface area contributed by atoms with Gasteiger partial charge >= 0.3 is 0 Å². The first-order valence-corrected chi connectivity index (χ1v) is 6.17. The summed E-state index contributed by atoms with van der Waals surface area (Å²) in [4.78, 5) is 20.4. The van der Waals surface area contributed by atoms with Crippen molar-refractivity contribution >= 4 is 11.4 Å². The maximum Gasteiger partial charge on any atom is 0.280 e. The second-order valence-electron chi connectivity index (χ2n) is 4.45. The number of non-ortho nitro benzene ring substituents is 1. The number of nitrogens with one attached hydrogen (secondary N) is 1. The number of hydrogen-bond donors (Lipinski definition) is 1. The number of nitro groups is 2. The van der Waals surface area contributed by atoms with E-state index >= 15 is 0 Å². The van der Waals surface area contributed by atoms with Gasteiger partial charge in [-0.2, -0.15) is 0 Å². The summed E-state index contributed by atoms with van der Waals surface area (Å²) in [6.45, 7) is 2.06. The fraction of sp³-hybridized carbons (Fsp3) is 0.231. The van der Waals surface area contributed by atoms with Gasteiger partial charge in [0.05, 0.1) is 28.2 Å². The maximum atomic E-state index is 11.0. The molecular weight excluding hydrogens is 278 g/mol. The average molecular weight is 291 g/mol. The number of benzene rings is 1. The van der Waals surface area contributed by atoms with Crippen LogP contribution in [0.3, 0.4) is 0 Å². The van der Waals surface area contributed by atoms with Gasteiger partial charge < -0.3 is 9.73 Å². The molecule has 0 saturated carbocycles. The zero-order chi connectivity index (χ0) is 15.4. The lowest BCUT2D eigenvalue weighted by Crippen LogP contribution is -2.18. The molecule has 8 heteroatoms. The largest absolute Gasteiger partial charge is 0.468 e. The van der Waals surface area contributed by atoms with E-state index < -0.39 is 9.85 Å². The molecule has 8 nitrogen and oxygen atoms in total. The van der Waals surface area contributed by atoms with Gasteiger partial charge in [-0.15, -0.1) is 0 Å². The van der Waals surface area contributed by atoms with Gasteiger partial charge in [0.1, 0.15) is 5.76 Å². The fourth-order valence-corrected chi connectivity index (χ4v) is 1.89. The number of nitrogens with zero attached hydrogens (tertiary/aromatic N) is 2. The van der Waals surface area contributed by atoms with Crippen LogP contribution >= 0.6 is 0 Å². The molecule has 0 bridgehead atoms. The predicted molar refractivity (Wildman–Crippen MR) is 73.7 cm³/mol. The lowest BCUT2D eigenvalue weighted by atomic mass is 10.1. The molecule has 110 valence electrons. The van der Waals surface area contributed by atoms with Gasteiger partial charge in [-0.3, -0.25) is 20.2 Å². The van der Waals surface area contributed by atoms with Crippen molar-refractivity contribution in [3.8, 4) is 0 Å². The third-order valence-electron chi connectivity index (χ3n) is 3.05. The van der Waals surface area contributed by atoms with Gasteiger partial charge in [-0.1, -0.05) is 0 Å². The lowest BCUT2D eigenvalue weighted by molar-refractivity contribution is -0.394. The molecule has 2 rings (SSSR count). The van der Waals surface area contributed by atoms with Crippen LogP contribution in [-0.4, -0.2) is 9.85 Å². The van der Waals surface area contributed by atoms with Crippen LogP contribution in [0.4, 0.5) is 11.4 Å². The van der Waals surface area contributed by atoms with Crippen molar-refractivity contribution in [3.63, 3.8) is 0 Å². The summed E-state index contributed by atoms with van der Waals surface area (Å²) < 4.78 is 5.23. The first kappa shape index (κ1) is 14.7. The van der Waals surface area contributed by atoms with E-state index in [0.717, 1.165) is 6.07 Å². The Bertz CT molecular complexity index is 654. The van der Waals surface area contributed by atoms with Gasteiger partial charge in [0.2, 0.25) is 0 Å². The van der Waals surface area contributed by atoms with Crippen molar-refractivity contribution in [1.29, 1.82) is 0 Å². The Morgan fingerprint density at radius 3 is 2.57 bits per heavy atom. The molecule has 0 spiro atoms. The minimum Gasteiger partial charge on any atom is -0.468 e. The Balaban J connectivity index is 2.16. The zero-order valence-electron chi connectivity index (χ0n) is 11.2. The van der Waals surface area contributed by atoms with Crippen molar-refractivity contribution in [2.24, 2.45) is 0 Å². The molecule has 0 amide bonds. The molecule has 0 aliphatic rings. The number of hydrogen-bond acceptors (Lipinski definition) is 6. The van der Waals surface area contributed by atoms with Gasteiger partial charge in [-0.05, 0) is 25.1 Å². The Morgan fingerprint density at radius 1 is 1.24 bits per heavy atom. The van der Waals surface area contributed by atoms with Crippen LogP contribution in [0.5, 0.6) is 0 Å². The van der Waals surface area contributed by atoms with Crippen molar-refractivity contribution in [1.82, 2.24) is 5.32 Å². The number of rotatable bonds is 6. The zero-order valence-corrected chi connectivity index (χ0v) is 11.2. The topological polar surface area (TPSA) is 111 Å². The van der Waals surface area contributed by atoms with Crippen LogP contribution in [0, 0.1) is 20.2 Å². The molecule has 1 heterocycles. The Morgan fingerprint density at radius 2 is 2.00 bits per heavy atom. The molecule has 0 saturated heterocycles.